The van der Waals surface area contributed by atoms with Crippen LogP contribution in [0.4, 0.5) is 4.79 Å². The smallest absolute Gasteiger partial charge is 0.407 e. The normalized spacial score (nSPS) is 17.1. The standard InChI is InChI=1S/C27H32N2O6/c1-2-27(11-13-34-14-12-27)17-28-25(32)23(15-24(30)31)29-26(33)35-16-22-20-9-5-3-7-18(20)19-8-4-6-10-21(19)22/h3-10,22-23H,2,11-17H2,1H3,(H,28,32)(H,29,33)(H,30,31). The van der Waals surface area contributed by atoms with Crippen LogP contribution in [-0.4, -0.2) is 55.5 Å². The van der Waals surface area contributed by atoms with E-state index in [2.05, 4.69) is 17.6 Å². The van der Waals surface area contributed by atoms with E-state index in [-0.39, 0.29) is 17.9 Å². The van der Waals surface area contributed by atoms with Crippen molar-refractivity contribution in [3.8, 4) is 11.1 Å². The third kappa shape index (κ3) is 5.65. The van der Waals surface area contributed by atoms with Crippen molar-refractivity contribution < 1.29 is 29.0 Å². The first kappa shape index (κ1) is 24.7. The van der Waals surface area contributed by atoms with Crippen molar-refractivity contribution in [3.05, 3.63) is 59.7 Å². The van der Waals surface area contributed by atoms with Crippen LogP contribution in [-0.2, 0) is 19.1 Å². The first-order valence-electron chi connectivity index (χ1n) is 12.1. The second-order valence-corrected chi connectivity index (χ2v) is 9.30. The molecule has 1 aliphatic carbocycles. The summed E-state index contributed by atoms with van der Waals surface area (Å²) in [7, 11) is 0. The molecule has 0 bridgehead atoms. The Hall–Kier alpha value is -3.39. The largest absolute Gasteiger partial charge is 0.481 e. The highest BCUT2D eigenvalue weighted by Crippen LogP contribution is 2.44. The van der Waals surface area contributed by atoms with Crippen LogP contribution in [0.2, 0.25) is 0 Å². The van der Waals surface area contributed by atoms with Crippen LogP contribution in [0.1, 0.15) is 49.7 Å². The molecule has 1 heterocycles. The third-order valence-corrected chi connectivity index (χ3v) is 7.27. The quantitative estimate of drug-likeness (QED) is 0.504. The van der Waals surface area contributed by atoms with E-state index in [9.17, 15) is 19.5 Å². The highest BCUT2D eigenvalue weighted by molar-refractivity contribution is 5.89. The van der Waals surface area contributed by atoms with Gasteiger partial charge >= 0.3 is 12.1 Å². The van der Waals surface area contributed by atoms with E-state index in [0.29, 0.717) is 19.8 Å². The van der Waals surface area contributed by atoms with Crippen molar-refractivity contribution >= 4 is 18.0 Å². The van der Waals surface area contributed by atoms with E-state index in [1.165, 1.54) is 0 Å². The van der Waals surface area contributed by atoms with Gasteiger partial charge in [0.15, 0.2) is 0 Å². The summed E-state index contributed by atoms with van der Waals surface area (Å²) in [5.41, 5.74) is 4.28. The van der Waals surface area contributed by atoms with E-state index in [1.807, 2.05) is 48.5 Å². The first-order valence-corrected chi connectivity index (χ1v) is 12.1. The van der Waals surface area contributed by atoms with E-state index >= 15 is 0 Å². The number of nitrogens with one attached hydrogen (secondary N) is 2. The molecule has 3 N–H and O–H groups in total. The minimum absolute atomic E-state index is 0.0779. The van der Waals surface area contributed by atoms with Gasteiger partial charge in [0.05, 0.1) is 6.42 Å². The molecule has 1 aliphatic heterocycles. The SMILES string of the molecule is CCC1(CNC(=O)C(CC(=O)O)NC(=O)OCC2c3ccccc3-c3ccccc32)CCOCC1. The van der Waals surface area contributed by atoms with Crippen LogP contribution in [0.25, 0.3) is 11.1 Å². The van der Waals surface area contributed by atoms with Gasteiger partial charge in [0.2, 0.25) is 5.91 Å². The Morgan fingerprint density at radius 2 is 1.66 bits per heavy atom. The molecule has 2 amide bonds. The van der Waals surface area contributed by atoms with E-state index < -0.39 is 30.4 Å². The van der Waals surface area contributed by atoms with Gasteiger partial charge < -0.3 is 25.2 Å². The molecule has 1 fully saturated rings. The summed E-state index contributed by atoms with van der Waals surface area (Å²) in [6, 6.07) is 14.7. The molecule has 1 atom stereocenters. The molecule has 2 aromatic carbocycles. The molecule has 2 aliphatic rings. The fourth-order valence-electron chi connectivity index (χ4n) is 5.02. The summed E-state index contributed by atoms with van der Waals surface area (Å²) < 4.78 is 10.9. The summed E-state index contributed by atoms with van der Waals surface area (Å²) in [4.78, 5) is 36.8. The van der Waals surface area contributed by atoms with Crippen molar-refractivity contribution in [1.29, 1.82) is 0 Å². The predicted octanol–water partition coefficient (Wildman–Crippen LogP) is 3.69. The van der Waals surface area contributed by atoms with Gasteiger partial charge in [-0.05, 0) is 46.9 Å². The molecule has 1 saturated heterocycles. The molecule has 0 aromatic heterocycles. The Labute approximate surface area is 205 Å². The van der Waals surface area contributed by atoms with Crippen molar-refractivity contribution in [2.24, 2.45) is 5.41 Å². The summed E-state index contributed by atoms with van der Waals surface area (Å²) in [5, 5.41) is 14.6. The maximum Gasteiger partial charge on any atom is 0.407 e. The number of carboxylic acid groups (broad SMARTS) is 1. The zero-order valence-corrected chi connectivity index (χ0v) is 19.9. The topological polar surface area (TPSA) is 114 Å². The number of alkyl carbamates (subject to hydrolysis) is 1. The Morgan fingerprint density at radius 1 is 1.06 bits per heavy atom. The average molecular weight is 481 g/mol. The minimum Gasteiger partial charge on any atom is -0.481 e. The number of rotatable bonds is 9. The minimum atomic E-state index is -1.23. The van der Waals surface area contributed by atoms with E-state index in [1.54, 1.807) is 0 Å². The second-order valence-electron chi connectivity index (χ2n) is 9.30. The zero-order chi connectivity index (χ0) is 24.8. The molecule has 186 valence electrons. The maximum atomic E-state index is 12.8. The molecule has 0 spiro atoms. The monoisotopic (exact) mass is 480 g/mol. The van der Waals surface area contributed by atoms with Gasteiger partial charge in [-0.1, -0.05) is 55.5 Å². The summed E-state index contributed by atoms with van der Waals surface area (Å²) in [6.45, 7) is 3.84. The Kier molecular flexibility index (Phi) is 7.70. The van der Waals surface area contributed by atoms with Crippen LogP contribution in [0, 0.1) is 5.41 Å². The highest BCUT2D eigenvalue weighted by atomic mass is 16.5. The number of aliphatic carboxylic acids is 1. The number of benzene rings is 2. The fraction of sp³-hybridized carbons (Fsp3) is 0.444. The van der Waals surface area contributed by atoms with Gasteiger partial charge in [-0.15, -0.1) is 0 Å². The average Bonchev–Trinajstić information content (AvgIpc) is 3.19. The van der Waals surface area contributed by atoms with Gasteiger partial charge in [-0.2, -0.15) is 0 Å². The lowest BCUT2D eigenvalue weighted by Crippen LogP contribution is -2.51. The van der Waals surface area contributed by atoms with Crippen LogP contribution in [0.5, 0.6) is 0 Å². The second kappa shape index (κ2) is 10.9. The zero-order valence-electron chi connectivity index (χ0n) is 19.9. The van der Waals surface area contributed by atoms with Gasteiger partial charge in [0.25, 0.3) is 0 Å². The molecule has 0 radical (unpaired) electrons. The summed E-state index contributed by atoms with van der Waals surface area (Å²) in [6.07, 6.45) is 1.18. The molecule has 1 unspecified atom stereocenters. The highest BCUT2D eigenvalue weighted by Gasteiger charge is 2.33. The Balaban J connectivity index is 1.37. The first-order chi connectivity index (χ1) is 16.9. The van der Waals surface area contributed by atoms with Gasteiger partial charge in [0.1, 0.15) is 12.6 Å². The Bertz CT molecular complexity index is 1030. The Morgan fingerprint density at radius 3 is 2.23 bits per heavy atom. The maximum absolute atomic E-state index is 12.8. The van der Waals surface area contributed by atoms with Gasteiger partial charge in [-0.25, -0.2) is 4.79 Å². The summed E-state index contributed by atoms with van der Waals surface area (Å²) >= 11 is 0. The number of fused-ring (bicyclic) bond motifs is 3. The van der Waals surface area contributed by atoms with E-state index in [4.69, 9.17) is 9.47 Å². The van der Waals surface area contributed by atoms with Crippen LogP contribution in [0.15, 0.2) is 48.5 Å². The van der Waals surface area contributed by atoms with E-state index in [0.717, 1.165) is 41.5 Å². The molecule has 35 heavy (non-hydrogen) atoms. The summed E-state index contributed by atoms with van der Waals surface area (Å²) in [5.74, 6) is -1.83. The third-order valence-electron chi connectivity index (χ3n) is 7.27. The molecular weight excluding hydrogens is 448 g/mol. The number of amides is 2. The van der Waals surface area contributed by atoms with Gasteiger partial charge in [-0.3, -0.25) is 9.59 Å². The van der Waals surface area contributed by atoms with Crippen LogP contribution < -0.4 is 10.6 Å². The number of hydrogen-bond acceptors (Lipinski definition) is 5. The molecule has 2 aromatic rings. The number of hydrogen-bond donors (Lipinski definition) is 3. The molecule has 8 nitrogen and oxygen atoms in total. The lowest BCUT2D eigenvalue weighted by atomic mass is 9.78. The predicted molar refractivity (Wildman–Crippen MR) is 130 cm³/mol. The van der Waals surface area contributed by atoms with Crippen molar-refractivity contribution in [2.45, 2.75) is 44.6 Å². The van der Waals surface area contributed by atoms with Gasteiger partial charge in [0, 0.05) is 25.7 Å². The lowest BCUT2D eigenvalue weighted by Gasteiger charge is -2.36. The van der Waals surface area contributed by atoms with Crippen molar-refractivity contribution in [1.82, 2.24) is 10.6 Å². The molecular formula is C27H32N2O6. The molecule has 8 heteroatoms. The van der Waals surface area contributed by atoms with Crippen LogP contribution >= 0.6 is 0 Å². The number of carbonyl (C=O) groups excluding carboxylic acids is 2. The molecule has 0 saturated carbocycles. The number of carboxylic acids is 1. The van der Waals surface area contributed by atoms with Crippen LogP contribution in [0.3, 0.4) is 0 Å². The van der Waals surface area contributed by atoms with Crippen molar-refractivity contribution in [3.63, 3.8) is 0 Å². The number of ether oxygens (including phenoxy) is 2. The fourth-order valence-corrected chi connectivity index (χ4v) is 5.02. The van der Waals surface area contributed by atoms with Crippen molar-refractivity contribution in [2.75, 3.05) is 26.4 Å². The lowest BCUT2D eigenvalue weighted by molar-refractivity contribution is -0.140. The molecule has 4 rings (SSSR count). The number of carbonyl (C=O) groups is 3.